The van der Waals surface area contributed by atoms with Gasteiger partial charge >= 0.3 is 11.9 Å². The Morgan fingerprint density at radius 3 is 2.66 bits per heavy atom. The minimum atomic E-state index is -0.993. The lowest BCUT2D eigenvalue weighted by Gasteiger charge is -2.19. The van der Waals surface area contributed by atoms with Gasteiger partial charge in [0, 0.05) is 11.7 Å². The lowest BCUT2D eigenvalue weighted by atomic mass is 10.2. The number of nitrogens with one attached hydrogen (secondary N) is 1. The standard InChI is InChI=1S/C19H20N4O6/c1-11-12(2)22(13-5-3-4-6-13)18(14(11)9-20)21-16(24)10-28-19(25)15-7-8-17(29-15)23(26)27/h7-8,13H,3-6,10H2,1-2H3,(H,21,24). The summed E-state index contributed by atoms with van der Waals surface area (Å²) in [6.07, 6.45) is 4.11. The first-order valence-corrected chi connectivity index (χ1v) is 9.16. The molecule has 0 unspecified atom stereocenters. The van der Waals surface area contributed by atoms with Crippen LogP contribution in [0, 0.1) is 35.3 Å². The number of hydrogen-bond acceptors (Lipinski definition) is 7. The van der Waals surface area contributed by atoms with E-state index >= 15 is 0 Å². The average molecular weight is 400 g/mol. The van der Waals surface area contributed by atoms with Crippen molar-refractivity contribution >= 4 is 23.6 Å². The summed E-state index contributed by atoms with van der Waals surface area (Å²) in [5, 5.41) is 22.8. The third-order valence-corrected chi connectivity index (χ3v) is 5.12. The maximum Gasteiger partial charge on any atom is 0.433 e. The monoisotopic (exact) mass is 400 g/mol. The molecule has 0 aromatic carbocycles. The molecule has 152 valence electrons. The van der Waals surface area contributed by atoms with Crippen molar-refractivity contribution < 1.29 is 23.7 Å². The van der Waals surface area contributed by atoms with E-state index in [2.05, 4.69) is 11.4 Å². The largest absolute Gasteiger partial charge is 0.450 e. The fourth-order valence-electron chi connectivity index (χ4n) is 3.61. The van der Waals surface area contributed by atoms with Crippen molar-refractivity contribution in [1.29, 1.82) is 5.26 Å². The van der Waals surface area contributed by atoms with Crippen molar-refractivity contribution in [2.45, 2.75) is 45.6 Å². The molecule has 3 rings (SSSR count). The van der Waals surface area contributed by atoms with Crippen molar-refractivity contribution in [3.8, 4) is 6.07 Å². The Morgan fingerprint density at radius 2 is 2.07 bits per heavy atom. The Kier molecular flexibility index (Phi) is 5.68. The second-order valence-corrected chi connectivity index (χ2v) is 6.87. The van der Waals surface area contributed by atoms with Crippen LogP contribution in [0.15, 0.2) is 16.5 Å². The van der Waals surface area contributed by atoms with Crippen molar-refractivity contribution in [2.75, 3.05) is 11.9 Å². The molecule has 1 aliphatic carbocycles. The highest BCUT2D eigenvalue weighted by Gasteiger charge is 2.27. The molecule has 1 saturated carbocycles. The number of rotatable bonds is 6. The molecule has 0 spiro atoms. The topological polar surface area (TPSA) is 140 Å². The Labute approximate surface area is 166 Å². The molecule has 1 amide bonds. The van der Waals surface area contributed by atoms with E-state index in [9.17, 15) is 25.0 Å². The number of carbonyl (C=O) groups excluding carboxylic acids is 2. The predicted octanol–water partition coefficient (Wildman–Crippen LogP) is 3.39. The van der Waals surface area contributed by atoms with Crippen LogP contribution in [0.4, 0.5) is 11.7 Å². The molecule has 2 aromatic heterocycles. The zero-order chi connectivity index (χ0) is 21.1. The predicted molar refractivity (Wildman–Crippen MR) is 100 cm³/mol. The first kappa shape index (κ1) is 20.1. The van der Waals surface area contributed by atoms with Gasteiger partial charge in [-0.2, -0.15) is 5.26 Å². The number of hydrogen-bond donors (Lipinski definition) is 1. The molecule has 2 aromatic rings. The summed E-state index contributed by atoms with van der Waals surface area (Å²) in [6, 6.07) is 4.47. The number of carbonyl (C=O) groups is 2. The first-order chi connectivity index (χ1) is 13.8. The Hall–Kier alpha value is -3.61. The van der Waals surface area contributed by atoms with Gasteiger partial charge in [0.1, 0.15) is 16.8 Å². The van der Waals surface area contributed by atoms with Crippen LogP contribution in [0.1, 0.15) is 59.1 Å². The van der Waals surface area contributed by atoms with Gasteiger partial charge in [0.2, 0.25) is 5.76 Å². The molecule has 0 atom stereocenters. The summed E-state index contributed by atoms with van der Waals surface area (Å²) in [5.74, 6) is -2.17. The normalized spacial score (nSPS) is 13.8. The number of nitro groups is 1. The fourth-order valence-corrected chi connectivity index (χ4v) is 3.61. The Bertz CT molecular complexity index is 1010. The van der Waals surface area contributed by atoms with E-state index in [0.717, 1.165) is 49.1 Å². The summed E-state index contributed by atoms with van der Waals surface area (Å²) < 4.78 is 11.6. The van der Waals surface area contributed by atoms with Crippen molar-refractivity contribution in [3.05, 3.63) is 44.8 Å². The van der Waals surface area contributed by atoms with Gasteiger partial charge in [-0.15, -0.1) is 0 Å². The second kappa shape index (κ2) is 8.18. The van der Waals surface area contributed by atoms with Crippen LogP contribution in [-0.4, -0.2) is 28.0 Å². The summed E-state index contributed by atoms with van der Waals surface area (Å²) in [6.45, 7) is 3.12. The summed E-state index contributed by atoms with van der Waals surface area (Å²) >= 11 is 0. The van der Waals surface area contributed by atoms with Crippen LogP contribution < -0.4 is 5.32 Å². The van der Waals surface area contributed by atoms with Gasteiger partial charge in [-0.3, -0.25) is 14.9 Å². The van der Waals surface area contributed by atoms with Crippen LogP contribution in [0.25, 0.3) is 0 Å². The van der Waals surface area contributed by atoms with Crippen molar-refractivity contribution in [3.63, 3.8) is 0 Å². The van der Waals surface area contributed by atoms with Crippen molar-refractivity contribution in [1.82, 2.24) is 4.57 Å². The number of amides is 1. The van der Waals surface area contributed by atoms with Crippen LogP contribution in [0.3, 0.4) is 0 Å². The van der Waals surface area contributed by atoms with Crippen LogP contribution in [0.5, 0.6) is 0 Å². The number of aromatic nitrogens is 1. The SMILES string of the molecule is Cc1c(C#N)c(NC(=O)COC(=O)c2ccc([N+](=O)[O-])o2)n(C2CCCC2)c1C. The summed E-state index contributed by atoms with van der Waals surface area (Å²) in [5.41, 5.74) is 2.11. The second-order valence-electron chi connectivity index (χ2n) is 6.87. The highest BCUT2D eigenvalue weighted by Crippen LogP contribution is 2.37. The molecule has 10 heteroatoms. The first-order valence-electron chi connectivity index (χ1n) is 9.16. The van der Waals surface area contributed by atoms with Gasteiger partial charge in [0.25, 0.3) is 5.91 Å². The number of esters is 1. The van der Waals surface area contributed by atoms with E-state index in [1.165, 1.54) is 0 Å². The molecule has 0 bridgehead atoms. The van der Waals surface area contributed by atoms with Gasteiger partial charge < -0.3 is 19.0 Å². The summed E-state index contributed by atoms with van der Waals surface area (Å²) in [7, 11) is 0. The minimum Gasteiger partial charge on any atom is -0.450 e. The van der Waals surface area contributed by atoms with Crippen LogP contribution in [0.2, 0.25) is 0 Å². The smallest absolute Gasteiger partial charge is 0.433 e. The van der Waals surface area contributed by atoms with E-state index < -0.39 is 29.3 Å². The molecular formula is C19H20N4O6. The number of furan rings is 1. The molecule has 0 radical (unpaired) electrons. The number of anilines is 1. The van der Waals surface area contributed by atoms with E-state index in [4.69, 9.17) is 9.15 Å². The lowest BCUT2D eigenvalue weighted by molar-refractivity contribution is -0.402. The average Bonchev–Trinajstić information content (AvgIpc) is 3.41. The molecule has 1 aliphatic rings. The maximum atomic E-state index is 12.4. The zero-order valence-corrected chi connectivity index (χ0v) is 16.1. The number of nitriles is 1. The van der Waals surface area contributed by atoms with Gasteiger partial charge in [0.15, 0.2) is 6.61 Å². The Balaban J connectivity index is 1.71. The quantitative estimate of drug-likeness (QED) is 0.445. The van der Waals surface area contributed by atoms with E-state index in [1.54, 1.807) is 0 Å². The van der Waals surface area contributed by atoms with Crippen molar-refractivity contribution in [2.24, 2.45) is 0 Å². The molecule has 0 saturated heterocycles. The molecule has 2 heterocycles. The molecule has 1 fully saturated rings. The molecule has 0 aliphatic heterocycles. The van der Waals surface area contributed by atoms with E-state index in [1.807, 2.05) is 18.4 Å². The minimum absolute atomic E-state index is 0.206. The lowest BCUT2D eigenvalue weighted by Crippen LogP contribution is -2.23. The van der Waals surface area contributed by atoms with Gasteiger partial charge in [-0.25, -0.2) is 4.79 Å². The van der Waals surface area contributed by atoms with E-state index in [0.29, 0.717) is 11.4 Å². The summed E-state index contributed by atoms with van der Waals surface area (Å²) in [4.78, 5) is 34.1. The molecule has 29 heavy (non-hydrogen) atoms. The molecule has 10 nitrogen and oxygen atoms in total. The highest BCUT2D eigenvalue weighted by atomic mass is 16.7. The van der Waals surface area contributed by atoms with Crippen LogP contribution >= 0.6 is 0 Å². The van der Waals surface area contributed by atoms with Gasteiger partial charge in [-0.05, 0) is 38.3 Å². The molecule has 1 N–H and O–H groups in total. The molecular weight excluding hydrogens is 380 g/mol. The van der Waals surface area contributed by atoms with Gasteiger partial charge in [-0.1, -0.05) is 12.8 Å². The number of nitrogens with zero attached hydrogens (tertiary/aromatic N) is 3. The fraction of sp³-hybridized carbons (Fsp3) is 0.421. The van der Waals surface area contributed by atoms with E-state index in [-0.39, 0.29) is 11.8 Å². The zero-order valence-electron chi connectivity index (χ0n) is 16.1. The third-order valence-electron chi connectivity index (χ3n) is 5.12. The highest BCUT2D eigenvalue weighted by molar-refractivity contribution is 5.95. The number of ether oxygens (including phenoxy) is 1. The third kappa shape index (κ3) is 3.99. The Morgan fingerprint density at radius 1 is 1.38 bits per heavy atom. The maximum absolute atomic E-state index is 12.4. The van der Waals surface area contributed by atoms with Gasteiger partial charge in [0.05, 0.1) is 11.6 Å². The van der Waals surface area contributed by atoms with Crippen LogP contribution in [-0.2, 0) is 9.53 Å².